The number of likely N-dealkylation sites (tertiary alicyclic amines) is 1. The molecule has 4 aliphatic rings. The lowest BCUT2D eigenvalue weighted by Crippen LogP contribution is -2.41. The van der Waals surface area contributed by atoms with Crippen molar-refractivity contribution >= 4 is 33.7 Å². The Balaban J connectivity index is 1.15. The Kier molecular flexibility index (Phi) is 6.90. The molecule has 2 bridgehead atoms. The highest BCUT2D eigenvalue weighted by Gasteiger charge is 2.47. The third-order valence-corrected chi connectivity index (χ3v) is 11.2. The van der Waals surface area contributed by atoms with Gasteiger partial charge in [-0.15, -0.1) is 0 Å². The molecule has 0 unspecified atom stereocenters. The van der Waals surface area contributed by atoms with E-state index in [1.54, 1.807) is 13.3 Å². The SMILES string of the molecule is COc1cc(C(=O)N2C[C@H]3CC[C@@H]2[C@@H]3N)cc2nc(-c3cc4ccccc4n3CC3CC3)n(C[C@H]3CCN(c4ccnc(C#N)n4)C3)c12. The van der Waals surface area contributed by atoms with Gasteiger partial charge < -0.3 is 29.4 Å². The number of nitriles is 1. The van der Waals surface area contributed by atoms with Crippen LogP contribution in [0.4, 0.5) is 5.82 Å². The second-order valence-electron chi connectivity index (χ2n) is 14.1. The molecule has 48 heavy (non-hydrogen) atoms. The molecule has 5 heterocycles. The van der Waals surface area contributed by atoms with Gasteiger partial charge in [0.1, 0.15) is 23.2 Å². The summed E-state index contributed by atoms with van der Waals surface area (Å²) in [6.45, 7) is 4.02. The van der Waals surface area contributed by atoms with Crippen LogP contribution >= 0.6 is 0 Å². The fourth-order valence-electron chi connectivity index (χ4n) is 8.51. The van der Waals surface area contributed by atoms with Gasteiger partial charge in [0.15, 0.2) is 5.82 Å². The molecule has 244 valence electrons. The molecular formula is C37H39N9O2. The van der Waals surface area contributed by atoms with Crippen molar-refractivity contribution in [2.45, 2.75) is 57.3 Å². The summed E-state index contributed by atoms with van der Waals surface area (Å²) in [6, 6.07) is 18.8. The smallest absolute Gasteiger partial charge is 0.254 e. The number of hydrogen-bond donors (Lipinski definition) is 1. The van der Waals surface area contributed by atoms with Gasteiger partial charge in [-0.05, 0) is 80.2 Å². The van der Waals surface area contributed by atoms with Crippen molar-refractivity contribution < 1.29 is 9.53 Å². The van der Waals surface area contributed by atoms with E-state index < -0.39 is 0 Å². The molecule has 9 rings (SSSR count). The molecule has 2 saturated carbocycles. The second kappa shape index (κ2) is 11.3. The van der Waals surface area contributed by atoms with Gasteiger partial charge in [0.25, 0.3) is 5.91 Å². The first-order valence-corrected chi connectivity index (χ1v) is 17.2. The number of rotatable bonds is 8. The maximum Gasteiger partial charge on any atom is 0.254 e. The molecule has 0 radical (unpaired) electrons. The van der Waals surface area contributed by atoms with E-state index in [1.807, 2.05) is 23.1 Å². The van der Waals surface area contributed by atoms with Crippen LogP contribution in [0, 0.1) is 29.1 Å². The monoisotopic (exact) mass is 641 g/mol. The molecule has 4 atom stereocenters. The minimum absolute atomic E-state index is 0.00446. The predicted molar refractivity (Wildman–Crippen MR) is 183 cm³/mol. The van der Waals surface area contributed by atoms with Crippen molar-refractivity contribution in [3.8, 4) is 23.3 Å². The number of carbonyl (C=O) groups excluding carboxylic acids is 1. The van der Waals surface area contributed by atoms with Gasteiger partial charge in [0, 0.05) is 67.5 Å². The zero-order chi connectivity index (χ0) is 32.5. The van der Waals surface area contributed by atoms with Crippen LogP contribution < -0.4 is 15.4 Å². The predicted octanol–water partition coefficient (Wildman–Crippen LogP) is 4.83. The Morgan fingerprint density at radius 2 is 1.85 bits per heavy atom. The summed E-state index contributed by atoms with van der Waals surface area (Å²) < 4.78 is 10.8. The van der Waals surface area contributed by atoms with Gasteiger partial charge in [-0.3, -0.25) is 4.79 Å². The van der Waals surface area contributed by atoms with Crippen molar-refractivity contribution in [2.75, 3.05) is 31.6 Å². The largest absolute Gasteiger partial charge is 0.494 e. The van der Waals surface area contributed by atoms with Crippen LogP contribution in [0.25, 0.3) is 33.5 Å². The summed E-state index contributed by atoms with van der Waals surface area (Å²) in [5, 5.41) is 10.6. The summed E-state index contributed by atoms with van der Waals surface area (Å²) in [6.07, 6.45) is 7.17. The molecular weight excluding hydrogens is 602 g/mol. The summed E-state index contributed by atoms with van der Waals surface area (Å²) in [5.41, 5.74) is 11.0. The molecule has 2 N–H and O–H groups in total. The van der Waals surface area contributed by atoms with Crippen molar-refractivity contribution in [2.24, 2.45) is 23.5 Å². The van der Waals surface area contributed by atoms with Crippen molar-refractivity contribution in [1.29, 1.82) is 5.26 Å². The number of hydrogen-bond acceptors (Lipinski definition) is 8. The molecule has 11 heteroatoms. The van der Waals surface area contributed by atoms with E-state index in [1.165, 1.54) is 23.7 Å². The average Bonchev–Trinajstić information content (AvgIpc) is 3.43. The van der Waals surface area contributed by atoms with E-state index in [-0.39, 0.29) is 23.8 Å². The molecule has 2 aromatic carbocycles. The number of imidazole rings is 1. The van der Waals surface area contributed by atoms with Crippen LogP contribution in [-0.4, -0.2) is 73.7 Å². The number of anilines is 1. The number of para-hydroxylation sites is 1. The van der Waals surface area contributed by atoms with Crippen LogP contribution in [0.15, 0.2) is 54.7 Å². The first kappa shape index (κ1) is 29.2. The third kappa shape index (κ3) is 4.81. The fraction of sp³-hybridized carbons (Fsp3) is 0.432. The van der Waals surface area contributed by atoms with Crippen LogP contribution in [0.2, 0.25) is 0 Å². The maximum absolute atomic E-state index is 14.0. The van der Waals surface area contributed by atoms with Gasteiger partial charge in [-0.1, -0.05) is 18.2 Å². The van der Waals surface area contributed by atoms with Crippen molar-refractivity contribution in [3.63, 3.8) is 0 Å². The van der Waals surface area contributed by atoms with Gasteiger partial charge in [-0.2, -0.15) is 5.26 Å². The lowest BCUT2D eigenvalue weighted by molar-refractivity contribution is 0.0700. The number of amides is 1. The topological polar surface area (TPSA) is 131 Å². The number of methoxy groups -OCH3 is 1. The number of benzene rings is 2. The Morgan fingerprint density at radius 3 is 2.62 bits per heavy atom. The van der Waals surface area contributed by atoms with Gasteiger partial charge in [0.05, 0.1) is 18.3 Å². The highest BCUT2D eigenvalue weighted by atomic mass is 16.5. The quantitative estimate of drug-likeness (QED) is 0.255. The van der Waals surface area contributed by atoms with E-state index in [4.69, 9.17) is 15.5 Å². The minimum Gasteiger partial charge on any atom is -0.494 e. The average molecular weight is 642 g/mol. The van der Waals surface area contributed by atoms with Crippen LogP contribution in [0.3, 0.4) is 0 Å². The number of aromatic nitrogens is 5. The molecule has 2 aliphatic carbocycles. The number of piperidine rings is 1. The molecule has 11 nitrogen and oxygen atoms in total. The summed E-state index contributed by atoms with van der Waals surface area (Å²) in [7, 11) is 1.68. The number of fused-ring (bicyclic) bond motifs is 4. The standard InChI is InChI=1S/C37H39N9O2/c1-48-31-16-26(37(47)45-21-25-8-9-29(45)34(25)39)14-27-35(31)46(20-23-11-13-43(18-23)33-10-12-40-32(17-38)42-33)36(41-27)30-15-24-4-2-3-5-28(24)44(30)19-22-6-7-22/h2-5,10,12,14-16,22-23,25,29,34H,6-9,11,13,18-21,39H2,1H3/t23-,25+,29+,34+/m0/s1. The Bertz CT molecular complexity index is 2110. The number of ether oxygens (including phenoxy) is 1. The lowest BCUT2D eigenvalue weighted by Gasteiger charge is -2.27. The van der Waals surface area contributed by atoms with E-state index in [0.29, 0.717) is 35.6 Å². The molecule has 2 saturated heterocycles. The Hall–Kier alpha value is -4.95. The van der Waals surface area contributed by atoms with Crippen molar-refractivity contribution in [1.82, 2.24) is 29.0 Å². The van der Waals surface area contributed by atoms with Crippen molar-refractivity contribution in [3.05, 3.63) is 66.1 Å². The molecule has 1 amide bonds. The molecule has 0 spiro atoms. The maximum atomic E-state index is 14.0. The number of nitrogens with two attached hydrogens (primary N) is 1. The van der Waals surface area contributed by atoms with Crippen LogP contribution in [-0.2, 0) is 13.1 Å². The number of nitrogens with zero attached hydrogens (tertiary/aromatic N) is 8. The first-order valence-electron chi connectivity index (χ1n) is 17.2. The van der Waals surface area contributed by atoms with Crippen LogP contribution in [0.5, 0.6) is 5.75 Å². The minimum atomic E-state index is 0.00446. The summed E-state index contributed by atoms with van der Waals surface area (Å²) >= 11 is 0. The Labute approximate surface area is 278 Å². The zero-order valence-corrected chi connectivity index (χ0v) is 27.1. The zero-order valence-electron chi connectivity index (χ0n) is 27.1. The molecule has 5 aromatic rings. The van der Waals surface area contributed by atoms with E-state index in [0.717, 1.165) is 73.8 Å². The summed E-state index contributed by atoms with van der Waals surface area (Å²) in [5.74, 6) is 3.86. The highest BCUT2D eigenvalue weighted by Crippen LogP contribution is 2.41. The van der Waals surface area contributed by atoms with Gasteiger partial charge >= 0.3 is 0 Å². The normalized spacial score (nSPS) is 23.4. The first-order chi connectivity index (χ1) is 23.5. The van der Waals surface area contributed by atoms with E-state index in [9.17, 15) is 10.1 Å². The number of carbonyl (C=O) groups is 1. The van der Waals surface area contributed by atoms with Gasteiger partial charge in [-0.25, -0.2) is 15.0 Å². The summed E-state index contributed by atoms with van der Waals surface area (Å²) in [4.78, 5) is 32.1. The molecule has 4 fully saturated rings. The fourth-order valence-corrected chi connectivity index (χ4v) is 8.51. The lowest BCUT2D eigenvalue weighted by atomic mass is 10.1. The molecule has 2 aliphatic heterocycles. The Morgan fingerprint density at radius 1 is 1.00 bits per heavy atom. The van der Waals surface area contributed by atoms with Gasteiger partial charge in [0.2, 0.25) is 5.82 Å². The second-order valence-corrected chi connectivity index (χ2v) is 14.1. The van der Waals surface area contributed by atoms with Crippen LogP contribution in [0.1, 0.15) is 48.3 Å². The molecule has 3 aromatic heterocycles. The van der Waals surface area contributed by atoms with E-state index >= 15 is 0 Å². The third-order valence-electron chi connectivity index (χ3n) is 11.2. The highest BCUT2D eigenvalue weighted by molar-refractivity contribution is 6.00. The van der Waals surface area contributed by atoms with E-state index in [2.05, 4.69) is 60.4 Å².